The van der Waals surface area contributed by atoms with Crippen LogP contribution in [0, 0.1) is 5.82 Å². The van der Waals surface area contributed by atoms with Gasteiger partial charge in [0.1, 0.15) is 5.82 Å². The van der Waals surface area contributed by atoms with E-state index in [1.54, 1.807) is 24.3 Å². The molecule has 0 spiro atoms. The highest BCUT2D eigenvalue weighted by molar-refractivity contribution is 9.10. The molecule has 1 aromatic heterocycles. The van der Waals surface area contributed by atoms with Crippen LogP contribution in [0.15, 0.2) is 34.1 Å². The van der Waals surface area contributed by atoms with Crippen LogP contribution in [0.3, 0.4) is 0 Å². The van der Waals surface area contributed by atoms with E-state index in [1.807, 2.05) is 5.38 Å². The first-order valence-electron chi connectivity index (χ1n) is 4.53. The standard InChI is InChI=1S/C11H8BrClFNS/c12-7-3-1-2-6(9(7)14)10(15)11-8(13)4-5-16-11/h1-5,10H,15H2. The Labute approximate surface area is 110 Å². The summed E-state index contributed by atoms with van der Waals surface area (Å²) in [6.07, 6.45) is 0. The second-order valence-corrected chi connectivity index (χ2v) is 5.46. The second-order valence-electron chi connectivity index (χ2n) is 3.25. The summed E-state index contributed by atoms with van der Waals surface area (Å²) in [5.74, 6) is -0.334. The van der Waals surface area contributed by atoms with Crippen molar-refractivity contribution in [2.45, 2.75) is 6.04 Å². The Morgan fingerprint density at radius 3 is 2.75 bits per heavy atom. The average Bonchev–Trinajstić information content (AvgIpc) is 2.68. The van der Waals surface area contributed by atoms with Crippen LogP contribution in [-0.4, -0.2) is 0 Å². The normalized spacial score (nSPS) is 12.8. The lowest BCUT2D eigenvalue weighted by Crippen LogP contribution is -2.12. The van der Waals surface area contributed by atoms with Gasteiger partial charge in [-0.25, -0.2) is 4.39 Å². The fourth-order valence-corrected chi connectivity index (χ4v) is 3.00. The molecule has 0 saturated heterocycles. The van der Waals surface area contributed by atoms with Crippen molar-refractivity contribution in [1.29, 1.82) is 0 Å². The van der Waals surface area contributed by atoms with Gasteiger partial charge in [-0.3, -0.25) is 0 Å². The minimum absolute atomic E-state index is 0.334. The summed E-state index contributed by atoms with van der Waals surface area (Å²) in [6.45, 7) is 0. The highest BCUT2D eigenvalue weighted by Crippen LogP contribution is 2.33. The number of thiophene rings is 1. The van der Waals surface area contributed by atoms with E-state index in [9.17, 15) is 4.39 Å². The predicted molar refractivity (Wildman–Crippen MR) is 69.5 cm³/mol. The first-order chi connectivity index (χ1) is 7.61. The largest absolute Gasteiger partial charge is 0.319 e. The molecule has 2 rings (SSSR count). The van der Waals surface area contributed by atoms with Crippen LogP contribution in [0.1, 0.15) is 16.5 Å². The van der Waals surface area contributed by atoms with Crippen molar-refractivity contribution in [3.63, 3.8) is 0 Å². The first kappa shape index (κ1) is 12.0. The number of benzene rings is 1. The number of nitrogens with two attached hydrogens (primary N) is 1. The van der Waals surface area contributed by atoms with Crippen molar-refractivity contribution in [1.82, 2.24) is 0 Å². The van der Waals surface area contributed by atoms with Gasteiger partial charge in [0, 0.05) is 10.4 Å². The van der Waals surface area contributed by atoms with Gasteiger partial charge < -0.3 is 5.73 Å². The van der Waals surface area contributed by atoms with Crippen molar-refractivity contribution in [2.24, 2.45) is 5.73 Å². The van der Waals surface area contributed by atoms with E-state index in [2.05, 4.69) is 15.9 Å². The molecule has 2 aromatic rings. The van der Waals surface area contributed by atoms with Gasteiger partial charge in [-0.15, -0.1) is 11.3 Å². The monoisotopic (exact) mass is 319 g/mol. The highest BCUT2D eigenvalue weighted by Gasteiger charge is 2.18. The lowest BCUT2D eigenvalue weighted by atomic mass is 10.1. The second kappa shape index (κ2) is 4.84. The van der Waals surface area contributed by atoms with Crippen molar-refractivity contribution >= 4 is 38.9 Å². The number of hydrogen-bond acceptors (Lipinski definition) is 2. The topological polar surface area (TPSA) is 26.0 Å². The third kappa shape index (κ3) is 2.15. The molecule has 0 aliphatic rings. The van der Waals surface area contributed by atoms with Crippen LogP contribution < -0.4 is 5.73 Å². The molecule has 5 heteroatoms. The van der Waals surface area contributed by atoms with Crippen LogP contribution in [0.2, 0.25) is 5.02 Å². The van der Waals surface area contributed by atoms with Gasteiger partial charge >= 0.3 is 0 Å². The Balaban J connectivity index is 2.46. The molecular formula is C11H8BrClFNS. The smallest absolute Gasteiger partial charge is 0.142 e. The molecule has 1 aromatic carbocycles. The van der Waals surface area contributed by atoms with Gasteiger partial charge in [-0.2, -0.15) is 0 Å². The van der Waals surface area contributed by atoms with Gasteiger partial charge in [0.15, 0.2) is 0 Å². The molecule has 0 bridgehead atoms. The van der Waals surface area contributed by atoms with Crippen LogP contribution in [0.25, 0.3) is 0 Å². The molecule has 0 aliphatic carbocycles. The molecule has 1 heterocycles. The maximum atomic E-state index is 13.8. The maximum absolute atomic E-state index is 13.8. The highest BCUT2D eigenvalue weighted by atomic mass is 79.9. The van der Waals surface area contributed by atoms with E-state index in [1.165, 1.54) is 11.3 Å². The first-order valence-corrected chi connectivity index (χ1v) is 6.58. The van der Waals surface area contributed by atoms with Gasteiger partial charge in [0.05, 0.1) is 15.5 Å². The minimum Gasteiger partial charge on any atom is -0.319 e. The summed E-state index contributed by atoms with van der Waals surface area (Å²) in [4.78, 5) is 0.777. The summed E-state index contributed by atoms with van der Waals surface area (Å²) < 4.78 is 14.2. The number of rotatable bonds is 2. The summed E-state index contributed by atoms with van der Waals surface area (Å²) in [5.41, 5.74) is 6.44. The van der Waals surface area contributed by atoms with E-state index in [0.717, 1.165) is 4.88 Å². The predicted octanol–water partition coefficient (Wildman–Crippen LogP) is 4.35. The maximum Gasteiger partial charge on any atom is 0.142 e. The van der Waals surface area contributed by atoms with Crippen LogP contribution in [0.4, 0.5) is 4.39 Å². The average molecular weight is 321 g/mol. The molecule has 0 saturated carbocycles. The van der Waals surface area contributed by atoms with E-state index in [4.69, 9.17) is 17.3 Å². The van der Waals surface area contributed by atoms with Gasteiger partial charge in [-0.1, -0.05) is 23.7 Å². The molecule has 0 amide bonds. The van der Waals surface area contributed by atoms with Crippen LogP contribution >= 0.6 is 38.9 Å². The van der Waals surface area contributed by atoms with E-state index < -0.39 is 6.04 Å². The lowest BCUT2D eigenvalue weighted by Gasteiger charge is -2.12. The fraction of sp³-hybridized carbons (Fsp3) is 0.0909. The van der Waals surface area contributed by atoms with E-state index in [0.29, 0.717) is 15.1 Å². The zero-order valence-corrected chi connectivity index (χ0v) is 11.2. The molecule has 0 radical (unpaired) electrons. The van der Waals surface area contributed by atoms with Gasteiger partial charge in [0.2, 0.25) is 0 Å². The fourth-order valence-electron chi connectivity index (χ4n) is 1.43. The molecule has 1 unspecified atom stereocenters. The third-order valence-electron chi connectivity index (χ3n) is 2.24. The number of halogens is 3. The van der Waals surface area contributed by atoms with Crippen molar-refractivity contribution in [3.05, 3.63) is 55.4 Å². The Hall–Kier alpha value is -0.420. The minimum atomic E-state index is -0.523. The van der Waals surface area contributed by atoms with Gasteiger partial charge in [0.25, 0.3) is 0 Å². The van der Waals surface area contributed by atoms with Crippen molar-refractivity contribution in [2.75, 3.05) is 0 Å². The Bertz CT molecular complexity index is 514. The van der Waals surface area contributed by atoms with Gasteiger partial charge in [-0.05, 0) is 33.4 Å². The summed E-state index contributed by atoms with van der Waals surface area (Å²) in [6, 6.07) is 6.30. The van der Waals surface area contributed by atoms with Crippen LogP contribution in [0.5, 0.6) is 0 Å². The summed E-state index contributed by atoms with van der Waals surface area (Å²) in [7, 11) is 0. The van der Waals surface area contributed by atoms with E-state index in [-0.39, 0.29) is 5.82 Å². The molecule has 0 aliphatic heterocycles. The molecule has 16 heavy (non-hydrogen) atoms. The Kier molecular flexibility index (Phi) is 3.64. The Morgan fingerprint density at radius 2 is 2.12 bits per heavy atom. The molecular weight excluding hydrogens is 313 g/mol. The summed E-state index contributed by atoms with van der Waals surface area (Å²) in [5, 5.41) is 2.42. The summed E-state index contributed by atoms with van der Waals surface area (Å²) >= 11 is 10.5. The molecule has 2 N–H and O–H groups in total. The van der Waals surface area contributed by atoms with Crippen molar-refractivity contribution < 1.29 is 4.39 Å². The third-order valence-corrected chi connectivity index (χ3v) is 4.30. The molecule has 1 nitrogen and oxygen atoms in total. The molecule has 1 atom stereocenters. The molecule has 0 fully saturated rings. The zero-order chi connectivity index (χ0) is 11.7. The van der Waals surface area contributed by atoms with E-state index >= 15 is 0 Å². The quantitative estimate of drug-likeness (QED) is 0.874. The molecule has 84 valence electrons. The zero-order valence-electron chi connectivity index (χ0n) is 8.08. The lowest BCUT2D eigenvalue weighted by molar-refractivity contribution is 0.594. The SMILES string of the molecule is NC(c1cccc(Br)c1F)c1sccc1Cl. The number of hydrogen-bond donors (Lipinski definition) is 1. The Morgan fingerprint density at radius 1 is 1.38 bits per heavy atom. The van der Waals surface area contributed by atoms with Crippen molar-refractivity contribution in [3.8, 4) is 0 Å². The van der Waals surface area contributed by atoms with Crippen LogP contribution in [-0.2, 0) is 0 Å².